The van der Waals surface area contributed by atoms with Crippen molar-refractivity contribution in [3.8, 4) is 0 Å². The zero-order valence-electron chi connectivity index (χ0n) is 7.27. The van der Waals surface area contributed by atoms with E-state index in [-0.39, 0.29) is 0 Å². The Kier molecular flexibility index (Phi) is 3.37. The summed E-state index contributed by atoms with van der Waals surface area (Å²) >= 11 is 0. The number of hydrogen-bond acceptors (Lipinski definition) is 1. The van der Waals surface area contributed by atoms with E-state index in [0.29, 0.717) is 0 Å². The van der Waals surface area contributed by atoms with Crippen molar-refractivity contribution in [1.82, 2.24) is 5.32 Å². The van der Waals surface area contributed by atoms with Gasteiger partial charge < -0.3 is 5.32 Å². The van der Waals surface area contributed by atoms with Gasteiger partial charge in [-0.25, -0.2) is 0 Å². The lowest BCUT2D eigenvalue weighted by atomic mass is 10.1. The SMILES string of the molecule is C=C(C)/C=C/C[C@H]1CCCN1. The Balaban J connectivity index is 2.15. The van der Waals surface area contributed by atoms with Crippen LogP contribution in [0.5, 0.6) is 0 Å². The van der Waals surface area contributed by atoms with Crippen LogP contribution in [-0.4, -0.2) is 12.6 Å². The Bertz CT molecular complexity index is 152. The molecule has 1 heterocycles. The van der Waals surface area contributed by atoms with Crippen molar-refractivity contribution in [2.24, 2.45) is 0 Å². The summed E-state index contributed by atoms with van der Waals surface area (Å²) < 4.78 is 0. The summed E-state index contributed by atoms with van der Waals surface area (Å²) in [7, 11) is 0. The van der Waals surface area contributed by atoms with Crippen LogP contribution in [0.15, 0.2) is 24.3 Å². The molecular formula is C10H17N. The largest absolute Gasteiger partial charge is 0.314 e. The molecule has 0 unspecified atom stereocenters. The first-order chi connectivity index (χ1) is 5.29. The molecule has 1 aliphatic heterocycles. The second-order valence-corrected chi connectivity index (χ2v) is 3.28. The third-order valence-corrected chi connectivity index (χ3v) is 1.99. The molecule has 11 heavy (non-hydrogen) atoms. The van der Waals surface area contributed by atoms with E-state index in [0.717, 1.165) is 18.0 Å². The van der Waals surface area contributed by atoms with E-state index in [9.17, 15) is 0 Å². The van der Waals surface area contributed by atoms with Crippen LogP contribution in [0.4, 0.5) is 0 Å². The summed E-state index contributed by atoms with van der Waals surface area (Å²) in [4.78, 5) is 0. The van der Waals surface area contributed by atoms with Crippen LogP contribution < -0.4 is 5.32 Å². The first-order valence-electron chi connectivity index (χ1n) is 4.34. The fourth-order valence-electron chi connectivity index (χ4n) is 1.39. The average Bonchev–Trinajstić information content (AvgIpc) is 2.39. The first-order valence-corrected chi connectivity index (χ1v) is 4.34. The number of nitrogens with one attached hydrogen (secondary N) is 1. The molecule has 1 N–H and O–H groups in total. The van der Waals surface area contributed by atoms with Crippen LogP contribution in [0.3, 0.4) is 0 Å². The molecule has 1 aliphatic rings. The maximum absolute atomic E-state index is 3.81. The van der Waals surface area contributed by atoms with Crippen LogP contribution in [-0.2, 0) is 0 Å². The molecule has 1 nitrogen and oxygen atoms in total. The average molecular weight is 151 g/mol. The van der Waals surface area contributed by atoms with E-state index < -0.39 is 0 Å². The maximum Gasteiger partial charge on any atom is 0.0102 e. The van der Waals surface area contributed by atoms with Gasteiger partial charge in [0.05, 0.1) is 0 Å². The van der Waals surface area contributed by atoms with E-state index in [1.54, 1.807) is 0 Å². The van der Waals surface area contributed by atoms with E-state index >= 15 is 0 Å². The minimum atomic E-state index is 0.727. The number of hydrogen-bond donors (Lipinski definition) is 1. The molecule has 1 heteroatoms. The van der Waals surface area contributed by atoms with Crippen molar-refractivity contribution >= 4 is 0 Å². The molecule has 0 aromatic rings. The van der Waals surface area contributed by atoms with Crippen LogP contribution in [0.1, 0.15) is 26.2 Å². The van der Waals surface area contributed by atoms with Gasteiger partial charge in [-0.3, -0.25) is 0 Å². The summed E-state index contributed by atoms with van der Waals surface area (Å²) in [5.74, 6) is 0. The second-order valence-electron chi connectivity index (χ2n) is 3.28. The lowest BCUT2D eigenvalue weighted by molar-refractivity contribution is 0.614. The Morgan fingerprint density at radius 1 is 1.73 bits per heavy atom. The molecule has 1 atom stereocenters. The van der Waals surface area contributed by atoms with E-state index in [1.807, 2.05) is 6.92 Å². The van der Waals surface area contributed by atoms with Crippen molar-refractivity contribution in [3.05, 3.63) is 24.3 Å². The highest BCUT2D eigenvalue weighted by Gasteiger charge is 2.10. The van der Waals surface area contributed by atoms with Crippen molar-refractivity contribution in [1.29, 1.82) is 0 Å². The zero-order chi connectivity index (χ0) is 8.10. The third kappa shape index (κ3) is 3.38. The summed E-state index contributed by atoms with van der Waals surface area (Å²) in [5.41, 5.74) is 1.14. The minimum absolute atomic E-state index is 0.727. The van der Waals surface area contributed by atoms with Gasteiger partial charge in [-0.15, -0.1) is 0 Å². The van der Waals surface area contributed by atoms with E-state index in [2.05, 4.69) is 24.0 Å². The van der Waals surface area contributed by atoms with Gasteiger partial charge in [0.1, 0.15) is 0 Å². The Labute approximate surface area is 69.2 Å². The van der Waals surface area contributed by atoms with Gasteiger partial charge in [0, 0.05) is 6.04 Å². The molecule has 0 amide bonds. The van der Waals surface area contributed by atoms with Crippen molar-refractivity contribution in [2.45, 2.75) is 32.2 Å². The summed E-state index contributed by atoms with van der Waals surface area (Å²) in [6.45, 7) is 7.04. The molecule has 1 saturated heterocycles. The van der Waals surface area contributed by atoms with Crippen LogP contribution >= 0.6 is 0 Å². The molecular weight excluding hydrogens is 134 g/mol. The fourth-order valence-corrected chi connectivity index (χ4v) is 1.39. The Hall–Kier alpha value is -0.560. The van der Waals surface area contributed by atoms with Crippen LogP contribution in [0.25, 0.3) is 0 Å². The Morgan fingerprint density at radius 2 is 2.55 bits per heavy atom. The maximum atomic E-state index is 3.81. The van der Waals surface area contributed by atoms with Gasteiger partial charge in [0.15, 0.2) is 0 Å². The van der Waals surface area contributed by atoms with E-state index in [4.69, 9.17) is 0 Å². The molecule has 62 valence electrons. The molecule has 0 saturated carbocycles. The molecule has 0 aromatic carbocycles. The molecule has 1 fully saturated rings. The van der Waals surface area contributed by atoms with Crippen molar-refractivity contribution in [3.63, 3.8) is 0 Å². The van der Waals surface area contributed by atoms with Crippen LogP contribution in [0.2, 0.25) is 0 Å². The monoisotopic (exact) mass is 151 g/mol. The lowest BCUT2D eigenvalue weighted by Gasteiger charge is -2.04. The zero-order valence-corrected chi connectivity index (χ0v) is 7.27. The van der Waals surface area contributed by atoms with Gasteiger partial charge in [-0.1, -0.05) is 24.3 Å². The molecule has 0 bridgehead atoms. The highest BCUT2D eigenvalue weighted by atomic mass is 14.9. The van der Waals surface area contributed by atoms with Crippen LogP contribution in [0, 0.1) is 0 Å². The standard InChI is InChI=1S/C10H17N/c1-9(2)5-3-6-10-7-4-8-11-10/h3,5,10-11H,1,4,6-8H2,2H3/b5-3+/t10-/m0/s1. The molecule has 0 aromatic heterocycles. The molecule has 0 spiro atoms. The Morgan fingerprint density at radius 3 is 3.09 bits per heavy atom. The van der Waals surface area contributed by atoms with Gasteiger partial charge in [0.25, 0.3) is 0 Å². The second kappa shape index (κ2) is 4.35. The van der Waals surface area contributed by atoms with Crippen molar-refractivity contribution in [2.75, 3.05) is 6.54 Å². The smallest absolute Gasteiger partial charge is 0.0102 e. The summed E-state index contributed by atoms with van der Waals surface area (Å²) in [5, 5.41) is 3.45. The van der Waals surface area contributed by atoms with E-state index in [1.165, 1.54) is 19.4 Å². The minimum Gasteiger partial charge on any atom is -0.314 e. The van der Waals surface area contributed by atoms with Gasteiger partial charge in [-0.05, 0) is 32.7 Å². The number of rotatable bonds is 3. The predicted molar refractivity (Wildman–Crippen MR) is 49.6 cm³/mol. The molecule has 0 radical (unpaired) electrons. The van der Waals surface area contributed by atoms with Gasteiger partial charge >= 0.3 is 0 Å². The molecule has 0 aliphatic carbocycles. The topological polar surface area (TPSA) is 12.0 Å². The fraction of sp³-hybridized carbons (Fsp3) is 0.600. The van der Waals surface area contributed by atoms with Gasteiger partial charge in [-0.2, -0.15) is 0 Å². The summed E-state index contributed by atoms with van der Waals surface area (Å²) in [6, 6.07) is 0.727. The third-order valence-electron chi connectivity index (χ3n) is 1.99. The quantitative estimate of drug-likeness (QED) is 0.610. The first kappa shape index (κ1) is 8.54. The highest BCUT2D eigenvalue weighted by Crippen LogP contribution is 2.09. The van der Waals surface area contributed by atoms with Gasteiger partial charge in [0.2, 0.25) is 0 Å². The number of allylic oxidation sites excluding steroid dienone is 2. The van der Waals surface area contributed by atoms with Crippen molar-refractivity contribution < 1.29 is 0 Å². The lowest BCUT2D eigenvalue weighted by Crippen LogP contribution is -2.19. The predicted octanol–water partition coefficient (Wildman–Crippen LogP) is 2.26. The normalized spacial score (nSPS) is 24.6. The molecule has 1 rings (SSSR count). The summed E-state index contributed by atoms with van der Waals surface area (Å²) in [6.07, 6.45) is 8.14. The highest BCUT2D eigenvalue weighted by molar-refractivity contribution is 5.11.